The Morgan fingerprint density at radius 3 is 2.31 bits per heavy atom. The summed E-state index contributed by atoms with van der Waals surface area (Å²) in [7, 11) is 1.46. The molecule has 1 aliphatic heterocycles. The fourth-order valence-corrected chi connectivity index (χ4v) is 4.46. The molecule has 2 aromatic carbocycles. The molecule has 1 aliphatic carbocycles. The van der Waals surface area contributed by atoms with E-state index in [0.29, 0.717) is 6.61 Å². The number of fused-ring (bicyclic) bond motifs is 3. The van der Waals surface area contributed by atoms with Crippen molar-refractivity contribution in [2.75, 3.05) is 33.4 Å². The zero-order valence-corrected chi connectivity index (χ0v) is 17.9. The number of carboxylic acid groups (broad SMARTS) is 1. The van der Waals surface area contributed by atoms with Crippen LogP contribution >= 0.6 is 0 Å². The summed E-state index contributed by atoms with van der Waals surface area (Å²) in [6.07, 6.45) is -0.403. The fraction of sp³-hybridized carbons (Fsp3) is 0.375. The quantitative estimate of drug-likeness (QED) is 0.689. The molecule has 2 amide bonds. The predicted octanol–water partition coefficient (Wildman–Crippen LogP) is 2.62. The maximum absolute atomic E-state index is 12.5. The smallest absolute Gasteiger partial charge is 0.407 e. The number of amides is 2. The lowest BCUT2D eigenvalue weighted by atomic mass is 9.96. The summed E-state index contributed by atoms with van der Waals surface area (Å²) in [5, 5.41) is 12.1. The number of hydrogen-bond acceptors (Lipinski definition) is 5. The van der Waals surface area contributed by atoms with Crippen LogP contribution in [0.3, 0.4) is 0 Å². The number of carbonyl (C=O) groups excluding carboxylic acids is 2. The second-order valence-corrected chi connectivity index (χ2v) is 8.09. The fourth-order valence-electron chi connectivity index (χ4n) is 4.46. The summed E-state index contributed by atoms with van der Waals surface area (Å²) in [5.41, 5.74) is 3.19. The molecule has 1 fully saturated rings. The highest BCUT2D eigenvalue weighted by Crippen LogP contribution is 2.44. The summed E-state index contributed by atoms with van der Waals surface area (Å²) >= 11 is 0. The van der Waals surface area contributed by atoms with E-state index in [0.717, 1.165) is 22.3 Å². The van der Waals surface area contributed by atoms with Crippen LogP contribution in [0.4, 0.5) is 4.79 Å². The van der Waals surface area contributed by atoms with Crippen molar-refractivity contribution in [3.05, 3.63) is 59.7 Å². The van der Waals surface area contributed by atoms with Crippen molar-refractivity contribution in [1.82, 2.24) is 10.2 Å². The Kier molecular flexibility index (Phi) is 6.14. The van der Waals surface area contributed by atoms with Gasteiger partial charge < -0.3 is 24.8 Å². The molecular formula is C24H26N2O6. The van der Waals surface area contributed by atoms with E-state index in [9.17, 15) is 19.5 Å². The number of carboxylic acids is 1. The topological polar surface area (TPSA) is 105 Å². The van der Waals surface area contributed by atoms with E-state index in [1.807, 2.05) is 36.4 Å². The molecule has 0 spiro atoms. The van der Waals surface area contributed by atoms with Gasteiger partial charge in [0.15, 0.2) is 5.54 Å². The summed E-state index contributed by atoms with van der Waals surface area (Å²) in [4.78, 5) is 37.6. The van der Waals surface area contributed by atoms with Crippen LogP contribution in [0.2, 0.25) is 0 Å². The maximum atomic E-state index is 12.5. The molecule has 0 aromatic heterocycles. The minimum absolute atomic E-state index is 0.0320. The van der Waals surface area contributed by atoms with Crippen molar-refractivity contribution in [2.24, 2.45) is 0 Å². The number of hydrogen-bond donors (Lipinski definition) is 2. The Balaban J connectivity index is 1.29. The molecule has 2 N–H and O–H groups in total. The van der Waals surface area contributed by atoms with Gasteiger partial charge in [-0.15, -0.1) is 0 Å². The average molecular weight is 438 g/mol. The van der Waals surface area contributed by atoms with Crippen LogP contribution in [0.15, 0.2) is 48.5 Å². The molecule has 0 radical (unpaired) electrons. The first-order valence-electron chi connectivity index (χ1n) is 10.6. The summed E-state index contributed by atoms with van der Waals surface area (Å²) in [6.45, 7) is 0.496. The lowest BCUT2D eigenvalue weighted by Gasteiger charge is -2.33. The third-order valence-electron chi connectivity index (χ3n) is 6.37. The third-order valence-corrected chi connectivity index (χ3v) is 6.37. The maximum Gasteiger partial charge on any atom is 0.407 e. The Labute approximate surface area is 186 Å². The zero-order valence-electron chi connectivity index (χ0n) is 17.9. The van der Waals surface area contributed by atoms with Gasteiger partial charge in [0.1, 0.15) is 6.61 Å². The molecule has 8 nitrogen and oxygen atoms in total. The molecule has 1 unspecified atom stereocenters. The van der Waals surface area contributed by atoms with Crippen LogP contribution in [0.1, 0.15) is 29.9 Å². The Morgan fingerprint density at radius 1 is 1.12 bits per heavy atom. The molecule has 8 heteroatoms. The van der Waals surface area contributed by atoms with Gasteiger partial charge in [-0.2, -0.15) is 0 Å². The van der Waals surface area contributed by atoms with Crippen molar-refractivity contribution < 1.29 is 29.0 Å². The van der Waals surface area contributed by atoms with Gasteiger partial charge in [-0.3, -0.25) is 4.79 Å². The van der Waals surface area contributed by atoms with Crippen LogP contribution in [0.25, 0.3) is 11.1 Å². The highest BCUT2D eigenvalue weighted by molar-refractivity contribution is 5.87. The number of benzene rings is 2. The molecule has 2 aromatic rings. The number of carbonyl (C=O) groups is 3. The molecule has 168 valence electrons. The van der Waals surface area contributed by atoms with E-state index in [-0.39, 0.29) is 44.4 Å². The van der Waals surface area contributed by atoms with Gasteiger partial charge >= 0.3 is 12.1 Å². The number of nitrogens with one attached hydrogen (secondary N) is 1. The second kappa shape index (κ2) is 9.00. The predicted molar refractivity (Wildman–Crippen MR) is 116 cm³/mol. The van der Waals surface area contributed by atoms with Gasteiger partial charge in [-0.05, 0) is 22.3 Å². The van der Waals surface area contributed by atoms with Crippen molar-refractivity contribution in [1.29, 1.82) is 0 Å². The number of ether oxygens (including phenoxy) is 2. The minimum atomic E-state index is -1.35. The van der Waals surface area contributed by atoms with Gasteiger partial charge in [-0.25, -0.2) is 9.59 Å². The van der Waals surface area contributed by atoms with Crippen molar-refractivity contribution in [3.63, 3.8) is 0 Å². The molecule has 0 bridgehead atoms. The Hall–Kier alpha value is -3.39. The molecule has 4 rings (SSSR count). The van der Waals surface area contributed by atoms with Gasteiger partial charge in [0.2, 0.25) is 5.91 Å². The number of alkyl carbamates (subject to hydrolysis) is 1. The van der Waals surface area contributed by atoms with Gasteiger partial charge in [-0.1, -0.05) is 48.5 Å². The van der Waals surface area contributed by atoms with Crippen LogP contribution in [-0.4, -0.2) is 66.9 Å². The van der Waals surface area contributed by atoms with E-state index in [4.69, 9.17) is 9.47 Å². The monoisotopic (exact) mass is 438 g/mol. The number of rotatable bonds is 7. The van der Waals surface area contributed by atoms with E-state index in [2.05, 4.69) is 17.4 Å². The number of aliphatic carboxylic acids is 1. The number of likely N-dealkylation sites (N-methyl/N-ethyl adjacent to an activating group) is 1. The van der Waals surface area contributed by atoms with Gasteiger partial charge in [0, 0.05) is 39.0 Å². The Bertz CT molecular complexity index is 985. The first-order chi connectivity index (χ1) is 15.4. The first kappa shape index (κ1) is 21.8. The van der Waals surface area contributed by atoms with Crippen LogP contribution < -0.4 is 5.32 Å². The Morgan fingerprint density at radius 2 is 1.75 bits per heavy atom. The molecule has 1 heterocycles. The molecular weight excluding hydrogens is 412 g/mol. The molecule has 32 heavy (non-hydrogen) atoms. The minimum Gasteiger partial charge on any atom is -0.479 e. The van der Waals surface area contributed by atoms with Crippen LogP contribution in [0.5, 0.6) is 0 Å². The van der Waals surface area contributed by atoms with E-state index in [1.165, 1.54) is 11.9 Å². The third kappa shape index (κ3) is 3.93. The normalized spacial score (nSPS) is 19.2. The lowest BCUT2D eigenvalue weighted by molar-refractivity contribution is -0.157. The van der Waals surface area contributed by atoms with Crippen molar-refractivity contribution in [2.45, 2.75) is 24.3 Å². The summed E-state index contributed by atoms with van der Waals surface area (Å²) < 4.78 is 10.7. The standard InChI is InChI=1S/C24H26N2O6/c1-26(24(22(28)29)11-13-31-15-24)21(27)10-12-25-23(30)32-14-20-18-8-4-2-6-16(18)17-7-3-5-9-19(17)20/h2-9,20H,10-15H2,1H3,(H,25,30)(H,28,29). The van der Waals surface area contributed by atoms with E-state index < -0.39 is 17.6 Å². The SMILES string of the molecule is CN(C(=O)CCNC(=O)OCC1c2ccccc2-c2ccccc21)C1(C(=O)O)CCOC1. The van der Waals surface area contributed by atoms with Crippen LogP contribution in [-0.2, 0) is 19.1 Å². The molecule has 1 atom stereocenters. The highest BCUT2D eigenvalue weighted by atomic mass is 16.5. The number of nitrogens with zero attached hydrogens (tertiary/aromatic N) is 1. The molecule has 1 saturated heterocycles. The van der Waals surface area contributed by atoms with Gasteiger partial charge in [0.05, 0.1) is 6.61 Å². The van der Waals surface area contributed by atoms with Gasteiger partial charge in [0.25, 0.3) is 0 Å². The van der Waals surface area contributed by atoms with E-state index >= 15 is 0 Å². The zero-order chi connectivity index (χ0) is 22.7. The lowest BCUT2D eigenvalue weighted by Crippen LogP contribution is -2.56. The summed E-state index contributed by atoms with van der Waals surface area (Å²) in [6, 6.07) is 16.1. The molecule has 0 saturated carbocycles. The average Bonchev–Trinajstić information content (AvgIpc) is 3.41. The van der Waals surface area contributed by atoms with E-state index in [1.54, 1.807) is 0 Å². The second-order valence-electron chi connectivity index (χ2n) is 8.09. The highest BCUT2D eigenvalue weighted by Gasteiger charge is 2.48. The summed E-state index contributed by atoms with van der Waals surface area (Å²) in [5.74, 6) is -1.51. The van der Waals surface area contributed by atoms with Crippen molar-refractivity contribution >= 4 is 18.0 Å². The first-order valence-corrected chi connectivity index (χ1v) is 10.6. The van der Waals surface area contributed by atoms with Crippen LogP contribution in [0, 0.1) is 0 Å². The van der Waals surface area contributed by atoms with Crippen molar-refractivity contribution in [3.8, 4) is 11.1 Å². The largest absolute Gasteiger partial charge is 0.479 e. The molecule has 2 aliphatic rings.